The molecule has 0 atom stereocenters. The van der Waals surface area contributed by atoms with E-state index in [0.29, 0.717) is 5.02 Å². The van der Waals surface area contributed by atoms with E-state index in [0.717, 1.165) is 17.2 Å². The van der Waals surface area contributed by atoms with Crippen LogP contribution in [-0.4, -0.2) is 5.11 Å². The van der Waals surface area contributed by atoms with E-state index in [1.165, 1.54) is 31.2 Å². The van der Waals surface area contributed by atoms with Crippen LogP contribution in [0.5, 0.6) is 5.75 Å². The lowest BCUT2D eigenvalue weighted by molar-refractivity contribution is 0.481. The maximum Gasteiger partial charge on any atom is 0.142 e. The number of rotatable bonds is 5. The number of benzene rings is 2. The van der Waals surface area contributed by atoms with Crippen molar-refractivity contribution in [2.45, 2.75) is 39.0 Å². The number of hydrogen-bond donors (Lipinski definition) is 1. The average Bonchev–Trinajstić information content (AvgIpc) is 2.40. The summed E-state index contributed by atoms with van der Waals surface area (Å²) in [6.45, 7) is 2.22. The van der Waals surface area contributed by atoms with Crippen LogP contribution in [0.25, 0.3) is 10.8 Å². The highest BCUT2D eigenvalue weighted by Crippen LogP contribution is 2.35. The third kappa shape index (κ3) is 2.78. The Morgan fingerprint density at radius 1 is 1.06 bits per heavy atom. The molecule has 0 fully saturated rings. The van der Waals surface area contributed by atoms with Crippen molar-refractivity contribution in [3.05, 3.63) is 40.9 Å². The Labute approximate surface area is 113 Å². The molecule has 2 rings (SSSR count). The number of fused-ring (bicyclic) bond motifs is 1. The van der Waals surface area contributed by atoms with Crippen LogP contribution in [0.3, 0.4) is 0 Å². The number of unbranched alkanes of at least 4 members (excludes halogenated alkanes) is 3. The molecule has 0 unspecified atom stereocenters. The Bertz CT molecular complexity index is 534. The molecule has 0 aromatic heterocycles. The Balaban J connectivity index is 2.29. The van der Waals surface area contributed by atoms with Gasteiger partial charge in [-0.25, -0.2) is 0 Å². The highest BCUT2D eigenvalue weighted by molar-refractivity contribution is 6.33. The van der Waals surface area contributed by atoms with Crippen LogP contribution >= 0.6 is 11.6 Å². The van der Waals surface area contributed by atoms with E-state index < -0.39 is 0 Å². The van der Waals surface area contributed by atoms with Gasteiger partial charge in [0, 0.05) is 5.39 Å². The van der Waals surface area contributed by atoms with Crippen LogP contribution < -0.4 is 0 Å². The normalized spacial score (nSPS) is 11.0. The van der Waals surface area contributed by atoms with Crippen molar-refractivity contribution in [2.75, 3.05) is 0 Å². The molecule has 18 heavy (non-hydrogen) atoms. The van der Waals surface area contributed by atoms with Crippen molar-refractivity contribution in [3.63, 3.8) is 0 Å². The molecule has 2 aromatic carbocycles. The summed E-state index contributed by atoms with van der Waals surface area (Å²) in [4.78, 5) is 0. The van der Waals surface area contributed by atoms with Gasteiger partial charge in [0.05, 0.1) is 5.02 Å². The van der Waals surface area contributed by atoms with Crippen molar-refractivity contribution >= 4 is 22.4 Å². The van der Waals surface area contributed by atoms with E-state index in [9.17, 15) is 5.11 Å². The summed E-state index contributed by atoms with van der Waals surface area (Å²) in [5.41, 5.74) is 1.24. The summed E-state index contributed by atoms with van der Waals surface area (Å²) in [6, 6.07) is 9.82. The zero-order chi connectivity index (χ0) is 13.0. The van der Waals surface area contributed by atoms with Gasteiger partial charge in [0.15, 0.2) is 0 Å². The van der Waals surface area contributed by atoms with Crippen LogP contribution in [0, 0.1) is 0 Å². The van der Waals surface area contributed by atoms with Gasteiger partial charge in [-0.2, -0.15) is 0 Å². The summed E-state index contributed by atoms with van der Waals surface area (Å²) < 4.78 is 0. The van der Waals surface area contributed by atoms with E-state index in [-0.39, 0.29) is 5.75 Å². The minimum absolute atomic E-state index is 0.199. The first-order valence-corrected chi connectivity index (χ1v) is 7.01. The topological polar surface area (TPSA) is 20.2 Å². The van der Waals surface area contributed by atoms with Gasteiger partial charge < -0.3 is 5.11 Å². The van der Waals surface area contributed by atoms with Gasteiger partial charge in [0.25, 0.3) is 0 Å². The second-order valence-corrected chi connectivity index (χ2v) is 5.13. The molecule has 0 spiro atoms. The smallest absolute Gasteiger partial charge is 0.142 e. The van der Waals surface area contributed by atoms with Crippen molar-refractivity contribution in [1.82, 2.24) is 0 Å². The maximum absolute atomic E-state index is 9.96. The SMILES string of the molecule is CCCCCCc1cc(Cl)c(O)c2ccccc12. The maximum atomic E-state index is 9.96. The monoisotopic (exact) mass is 262 g/mol. The summed E-state index contributed by atoms with van der Waals surface area (Å²) in [6.07, 6.45) is 5.99. The highest BCUT2D eigenvalue weighted by Gasteiger charge is 2.09. The number of phenolic OH excluding ortho intramolecular Hbond substituents is 1. The van der Waals surface area contributed by atoms with Gasteiger partial charge in [-0.1, -0.05) is 62.1 Å². The molecule has 0 aliphatic rings. The van der Waals surface area contributed by atoms with Gasteiger partial charge in [-0.15, -0.1) is 0 Å². The predicted molar refractivity (Wildman–Crippen MR) is 78.5 cm³/mol. The average molecular weight is 263 g/mol. The lowest BCUT2D eigenvalue weighted by Crippen LogP contribution is -1.89. The minimum atomic E-state index is 0.199. The van der Waals surface area contributed by atoms with E-state index in [1.54, 1.807) is 0 Å². The van der Waals surface area contributed by atoms with E-state index in [1.807, 2.05) is 24.3 Å². The van der Waals surface area contributed by atoms with Crippen LogP contribution in [-0.2, 0) is 6.42 Å². The third-order valence-electron chi connectivity index (χ3n) is 3.35. The molecule has 0 bridgehead atoms. The van der Waals surface area contributed by atoms with Crippen LogP contribution in [0.1, 0.15) is 38.2 Å². The predicted octanol–water partition coefficient (Wildman–Crippen LogP) is 5.32. The largest absolute Gasteiger partial charge is 0.506 e. The first kappa shape index (κ1) is 13.2. The minimum Gasteiger partial charge on any atom is -0.506 e. The molecular formula is C16H19ClO. The van der Waals surface area contributed by atoms with Gasteiger partial charge in [-0.05, 0) is 29.9 Å². The zero-order valence-corrected chi connectivity index (χ0v) is 11.5. The number of phenols is 1. The summed E-state index contributed by atoms with van der Waals surface area (Å²) >= 11 is 6.08. The fourth-order valence-electron chi connectivity index (χ4n) is 2.35. The molecule has 2 heteroatoms. The molecule has 0 aliphatic heterocycles. The number of aromatic hydroxyl groups is 1. The molecule has 2 aromatic rings. The van der Waals surface area contributed by atoms with Crippen molar-refractivity contribution in [2.24, 2.45) is 0 Å². The molecule has 96 valence electrons. The van der Waals surface area contributed by atoms with Crippen molar-refractivity contribution < 1.29 is 5.11 Å². The standard InChI is InChI=1S/C16H19ClO/c1-2-3-4-5-8-12-11-15(17)16(18)14-10-7-6-9-13(12)14/h6-7,9-11,18H,2-5,8H2,1H3. The summed E-state index contributed by atoms with van der Waals surface area (Å²) in [7, 11) is 0. The molecule has 0 amide bonds. The molecule has 1 N–H and O–H groups in total. The van der Waals surface area contributed by atoms with E-state index in [4.69, 9.17) is 11.6 Å². The Kier molecular flexibility index (Phi) is 4.48. The van der Waals surface area contributed by atoms with E-state index >= 15 is 0 Å². The van der Waals surface area contributed by atoms with Gasteiger partial charge in [0.2, 0.25) is 0 Å². The molecule has 0 saturated heterocycles. The fraction of sp³-hybridized carbons (Fsp3) is 0.375. The Morgan fingerprint density at radius 2 is 1.78 bits per heavy atom. The molecule has 0 radical (unpaired) electrons. The molecular weight excluding hydrogens is 244 g/mol. The number of halogens is 1. The van der Waals surface area contributed by atoms with Gasteiger partial charge in [-0.3, -0.25) is 0 Å². The lowest BCUT2D eigenvalue weighted by Gasteiger charge is -2.10. The van der Waals surface area contributed by atoms with Crippen LogP contribution in [0.4, 0.5) is 0 Å². The summed E-state index contributed by atoms with van der Waals surface area (Å²) in [5, 5.41) is 12.4. The zero-order valence-electron chi connectivity index (χ0n) is 10.7. The molecule has 0 aliphatic carbocycles. The van der Waals surface area contributed by atoms with E-state index in [2.05, 4.69) is 13.0 Å². The second-order valence-electron chi connectivity index (χ2n) is 4.72. The van der Waals surface area contributed by atoms with Crippen LogP contribution in [0.15, 0.2) is 30.3 Å². The number of hydrogen-bond acceptors (Lipinski definition) is 1. The van der Waals surface area contributed by atoms with Gasteiger partial charge in [0.1, 0.15) is 5.75 Å². The first-order chi connectivity index (χ1) is 8.74. The molecule has 1 nitrogen and oxygen atoms in total. The van der Waals surface area contributed by atoms with Crippen molar-refractivity contribution in [3.8, 4) is 5.75 Å². The first-order valence-electron chi connectivity index (χ1n) is 6.63. The van der Waals surface area contributed by atoms with Gasteiger partial charge >= 0.3 is 0 Å². The Hall–Kier alpha value is -1.21. The highest BCUT2D eigenvalue weighted by atomic mass is 35.5. The van der Waals surface area contributed by atoms with Crippen LogP contribution in [0.2, 0.25) is 5.02 Å². The second kappa shape index (κ2) is 6.10. The summed E-state index contributed by atoms with van der Waals surface area (Å²) in [5.74, 6) is 0.199. The molecule has 0 heterocycles. The quantitative estimate of drug-likeness (QED) is 0.723. The lowest BCUT2D eigenvalue weighted by atomic mass is 9.99. The molecule has 0 saturated carbocycles. The fourth-order valence-corrected chi connectivity index (χ4v) is 2.58. The number of aryl methyl sites for hydroxylation is 1. The van der Waals surface area contributed by atoms with Crippen molar-refractivity contribution in [1.29, 1.82) is 0 Å². The third-order valence-corrected chi connectivity index (χ3v) is 3.64. The Morgan fingerprint density at radius 3 is 2.50 bits per heavy atom.